The lowest BCUT2D eigenvalue weighted by atomic mass is 10.1. The third kappa shape index (κ3) is 3.02. The lowest BCUT2D eigenvalue weighted by Gasteiger charge is -2.11. The summed E-state index contributed by atoms with van der Waals surface area (Å²) in [5.41, 5.74) is 7.88. The van der Waals surface area contributed by atoms with Crippen LogP contribution >= 0.6 is 0 Å². The van der Waals surface area contributed by atoms with Crippen LogP contribution in [0.3, 0.4) is 0 Å². The van der Waals surface area contributed by atoms with Crippen LogP contribution in [0.1, 0.15) is 25.1 Å². The third-order valence-corrected chi connectivity index (χ3v) is 2.85. The minimum Gasteiger partial charge on any atom is -0.493 e. The van der Waals surface area contributed by atoms with E-state index in [0.717, 1.165) is 22.2 Å². The summed E-state index contributed by atoms with van der Waals surface area (Å²) in [6.07, 6.45) is 0. The maximum atomic E-state index is 7.45. The maximum absolute atomic E-state index is 7.45. The van der Waals surface area contributed by atoms with Crippen molar-refractivity contribution in [2.45, 2.75) is 20.8 Å². The highest BCUT2D eigenvalue weighted by Crippen LogP contribution is 2.23. The molecule has 2 aromatic rings. The molecule has 0 aliphatic heterocycles. The standard InChI is InChI=1S/C15H19N3O/c1-9(2)8-19-11-4-5-13-12(7-11)10(3)6-14(18-13)15(16)17/h4-7,9H,8H2,1-3H3,(H3,16,17). The fraction of sp³-hybridized carbons (Fsp3) is 0.333. The second-order valence-corrected chi connectivity index (χ2v) is 5.12. The third-order valence-electron chi connectivity index (χ3n) is 2.85. The zero-order chi connectivity index (χ0) is 14.0. The number of pyridine rings is 1. The lowest BCUT2D eigenvalue weighted by Crippen LogP contribution is -2.13. The molecule has 0 amide bonds. The van der Waals surface area contributed by atoms with Gasteiger partial charge in [-0.25, -0.2) is 4.98 Å². The number of aromatic nitrogens is 1. The molecule has 19 heavy (non-hydrogen) atoms. The maximum Gasteiger partial charge on any atom is 0.141 e. The smallest absolute Gasteiger partial charge is 0.141 e. The summed E-state index contributed by atoms with van der Waals surface area (Å²) in [4.78, 5) is 4.37. The number of nitrogen functional groups attached to an aromatic ring is 1. The number of nitrogens with one attached hydrogen (secondary N) is 1. The lowest BCUT2D eigenvalue weighted by molar-refractivity contribution is 0.271. The van der Waals surface area contributed by atoms with E-state index >= 15 is 0 Å². The highest BCUT2D eigenvalue weighted by atomic mass is 16.5. The second-order valence-electron chi connectivity index (χ2n) is 5.12. The Balaban J connectivity index is 2.40. The first-order valence-electron chi connectivity index (χ1n) is 6.36. The number of aryl methyl sites for hydroxylation is 1. The molecule has 1 aromatic heterocycles. The molecule has 0 atom stereocenters. The van der Waals surface area contributed by atoms with Crippen LogP contribution in [0.2, 0.25) is 0 Å². The van der Waals surface area contributed by atoms with Gasteiger partial charge < -0.3 is 10.5 Å². The summed E-state index contributed by atoms with van der Waals surface area (Å²) >= 11 is 0. The molecule has 4 heteroatoms. The van der Waals surface area contributed by atoms with Crippen LogP contribution in [0.15, 0.2) is 24.3 Å². The molecule has 0 fully saturated rings. The van der Waals surface area contributed by atoms with Crippen molar-refractivity contribution in [3.63, 3.8) is 0 Å². The Hall–Kier alpha value is -2.10. The van der Waals surface area contributed by atoms with E-state index in [-0.39, 0.29) is 5.84 Å². The summed E-state index contributed by atoms with van der Waals surface area (Å²) < 4.78 is 5.71. The molecule has 0 saturated carbocycles. The number of hydrogen-bond donors (Lipinski definition) is 2. The Bertz CT molecular complexity index is 620. The number of rotatable bonds is 4. The Labute approximate surface area is 113 Å². The summed E-state index contributed by atoms with van der Waals surface area (Å²) in [6, 6.07) is 7.63. The van der Waals surface area contributed by atoms with Crippen molar-refractivity contribution >= 4 is 16.7 Å². The highest BCUT2D eigenvalue weighted by Gasteiger charge is 2.06. The largest absolute Gasteiger partial charge is 0.493 e. The topological polar surface area (TPSA) is 72.0 Å². The number of benzene rings is 1. The van der Waals surface area contributed by atoms with Gasteiger partial charge in [0, 0.05) is 5.39 Å². The number of hydrogen-bond acceptors (Lipinski definition) is 3. The minimum atomic E-state index is -0.00913. The van der Waals surface area contributed by atoms with Gasteiger partial charge in [-0.1, -0.05) is 13.8 Å². The molecule has 4 nitrogen and oxygen atoms in total. The van der Waals surface area contributed by atoms with Gasteiger partial charge >= 0.3 is 0 Å². The molecule has 2 rings (SSSR count). The van der Waals surface area contributed by atoms with E-state index in [2.05, 4.69) is 18.8 Å². The van der Waals surface area contributed by atoms with Gasteiger partial charge in [0.2, 0.25) is 0 Å². The molecule has 1 aromatic carbocycles. The van der Waals surface area contributed by atoms with Crippen LogP contribution in [0.4, 0.5) is 0 Å². The van der Waals surface area contributed by atoms with Gasteiger partial charge in [0.15, 0.2) is 0 Å². The van der Waals surface area contributed by atoms with Crippen LogP contribution < -0.4 is 10.5 Å². The van der Waals surface area contributed by atoms with E-state index in [1.807, 2.05) is 31.2 Å². The van der Waals surface area contributed by atoms with Gasteiger partial charge in [-0.3, -0.25) is 5.41 Å². The number of fused-ring (bicyclic) bond motifs is 1. The second kappa shape index (κ2) is 5.26. The van der Waals surface area contributed by atoms with Gasteiger partial charge in [0.05, 0.1) is 12.1 Å². The van der Waals surface area contributed by atoms with Crippen LogP contribution in [0.25, 0.3) is 10.9 Å². The van der Waals surface area contributed by atoms with Gasteiger partial charge in [-0.15, -0.1) is 0 Å². The van der Waals surface area contributed by atoms with Crippen LogP contribution in [-0.4, -0.2) is 17.4 Å². The molecule has 0 saturated heterocycles. The number of nitrogens with two attached hydrogens (primary N) is 1. The molecule has 0 unspecified atom stereocenters. The van der Waals surface area contributed by atoms with Crippen molar-refractivity contribution in [1.29, 1.82) is 5.41 Å². The normalized spacial score (nSPS) is 10.9. The van der Waals surface area contributed by atoms with Crippen molar-refractivity contribution in [3.8, 4) is 5.75 Å². The van der Waals surface area contributed by atoms with E-state index in [1.165, 1.54) is 0 Å². The first kappa shape index (κ1) is 13.3. The molecule has 0 aliphatic rings. The number of amidine groups is 1. The average molecular weight is 257 g/mol. The predicted octanol–water partition coefficient (Wildman–Crippen LogP) is 2.86. The fourth-order valence-electron chi connectivity index (χ4n) is 1.86. The first-order valence-corrected chi connectivity index (χ1v) is 6.36. The molecule has 0 aliphatic carbocycles. The van der Waals surface area contributed by atoms with Gasteiger partial charge in [0.25, 0.3) is 0 Å². The number of nitrogens with zero attached hydrogens (tertiary/aromatic N) is 1. The summed E-state index contributed by atoms with van der Waals surface area (Å²) in [5, 5.41) is 8.49. The van der Waals surface area contributed by atoms with E-state index in [9.17, 15) is 0 Å². The zero-order valence-corrected chi connectivity index (χ0v) is 11.5. The Kier molecular flexibility index (Phi) is 3.69. The summed E-state index contributed by atoms with van der Waals surface area (Å²) in [5.74, 6) is 1.34. The Morgan fingerprint density at radius 2 is 2.11 bits per heavy atom. The summed E-state index contributed by atoms with van der Waals surface area (Å²) in [6.45, 7) is 6.92. The molecule has 3 N–H and O–H groups in total. The van der Waals surface area contributed by atoms with Crippen LogP contribution in [0.5, 0.6) is 5.75 Å². The van der Waals surface area contributed by atoms with E-state index in [1.54, 1.807) is 0 Å². The average Bonchev–Trinajstić information content (AvgIpc) is 2.36. The van der Waals surface area contributed by atoms with E-state index in [0.29, 0.717) is 18.2 Å². The van der Waals surface area contributed by atoms with E-state index in [4.69, 9.17) is 15.9 Å². The van der Waals surface area contributed by atoms with Crippen molar-refractivity contribution < 1.29 is 4.74 Å². The quantitative estimate of drug-likeness (QED) is 0.653. The van der Waals surface area contributed by atoms with E-state index < -0.39 is 0 Å². The minimum absolute atomic E-state index is 0.00913. The molecular formula is C15H19N3O. The Morgan fingerprint density at radius 3 is 2.74 bits per heavy atom. The van der Waals surface area contributed by atoms with Crippen LogP contribution in [-0.2, 0) is 0 Å². The molecular weight excluding hydrogens is 238 g/mol. The highest BCUT2D eigenvalue weighted by molar-refractivity contribution is 5.96. The van der Waals surface area contributed by atoms with Crippen molar-refractivity contribution in [1.82, 2.24) is 4.98 Å². The van der Waals surface area contributed by atoms with Gasteiger partial charge in [0.1, 0.15) is 17.3 Å². The zero-order valence-electron chi connectivity index (χ0n) is 11.5. The molecule has 0 spiro atoms. The predicted molar refractivity (Wildman–Crippen MR) is 77.8 cm³/mol. The van der Waals surface area contributed by atoms with Crippen molar-refractivity contribution in [2.24, 2.45) is 11.7 Å². The Morgan fingerprint density at radius 1 is 1.37 bits per heavy atom. The molecule has 0 bridgehead atoms. The summed E-state index contributed by atoms with van der Waals surface area (Å²) in [7, 11) is 0. The SMILES string of the molecule is Cc1cc(C(=N)N)nc2ccc(OCC(C)C)cc12. The molecule has 100 valence electrons. The van der Waals surface area contributed by atoms with Crippen molar-refractivity contribution in [3.05, 3.63) is 35.5 Å². The van der Waals surface area contributed by atoms with Gasteiger partial charge in [-0.05, 0) is 42.7 Å². The number of ether oxygens (including phenoxy) is 1. The molecule has 1 heterocycles. The first-order chi connectivity index (χ1) is 8.97. The molecule has 0 radical (unpaired) electrons. The monoisotopic (exact) mass is 257 g/mol. The fourth-order valence-corrected chi connectivity index (χ4v) is 1.86. The van der Waals surface area contributed by atoms with Crippen molar-refractivity contribution in [2.75, 3.05) is 6.61 Å². The van der Waals surface area contributed by atoms with Crippen LogP contribution in [0, 0.1) is 18.3 Å². The van der Waals surface area contributed by atoms with Gasteiger partial charge in [-0.2, -0.15) is 0 Å².